The molecule has 0 aliphatic rings. The lowest BCUT2D eigenvalue weighted by Gasteiger charge is -2.07. The third-order valence-corrected chi connectivity index (χ3v) is 3.85. The van der Waals surface area contributed by atoms with Gasteiger partial charge in [0.05, 0.1) is 11.3 Å². The molecule has 1 heterocycles. The number of hydrogen-bond donors (Lipinski definition) is 2. The predicted molar refractivity (Wildman–Crippen MR) is 86.3 cm³/mol. The maximum atomic E-state index is 14.1. The van der Waals surface area contributed by atoms with Crippen LogP contribution in [0.2, 0.25) is 0 Å². The molecule has 5 heteroatoms. The molecule has 0 radical (unpaired) electrons. The van der Waals surface area contributed by atoms with Gasteiger partial charge in [-0.1, -0.05) is 39.7 Å². The van der Waals surface area contributed by atoms with Crippen LogP contribution in [0.5, 0.6) is 0 Å². The number of aromatic amines is 1. The Kier molecular flexibility index (Phi) is 3.51. The minimum Gasteiger partial charge on any atom is -0.382 e. The largest absolute Gasteiger partial charge is 0.382 e. The average Bonchev–Trinajstić information content (AvgIpc) is 2.84. The maximum absolute atomic E-state index is 14.1. The zero-order valence-corrected chi connectivity index (χ0v) is 12.9. The molecule has 0 saturated carbocycles. The number of nitrogen functional groups attached to an aromatic ring is 1. The Bertz CT molecular complexity index is 794. The quantitative estimate of drug-likeness (QED) is 0.716. The van der Waals surface area contributed by atoms with Gasteiger partial charge in [0, 0.05) is 10.0 Å². The van der Waals surface area contributed by atoms with Crippen LogP contribution < -0.4 is 5.73 Å². The number of nitrogens with zero attached hydrogens (tertiary/aromatic N) is 1. The molecule has 1 aromatic heterocycles. The number of nitrogens with two attached hydrogens (primary N) is 1. The van der Waals surface area contributed by atoms with E-state index in [2.05, 4.69) is 26.1 Å². The number of H-pyrrole nitrogens is 1. The lowest BCUT2D eigenvalue weighted by molar-refractivity contribution is 0.630. The van der Waals surface area contributed by atoms with E-state index in [4.69, 9.17) is 5.73 Å². The summed E-state index contributed by atoms with van der Waals surface area (Å²) >= 11 is 3.40. The predicted octanol–water partition coefficient (Wildman–Crippen LogP) is 4.54. The van der Waals surface area contributed by atoms with E-state index in [0.717, 1.165) is 15.6 Å². The second-order valence-electron chi connectivity index (χ2n) is 4.85. The van der Waals surface area contributed by atoms with Crippen molar-refractivity contribution in [2.45, 2.75) is 6.92 Å². The molecule has 106 valence electrons. The number of halogens is 2. The van der Waals surface area contributed by atoms with Gasteiger partial charge >= 0.3 is 0 Å². The van der Waals surface area contributed by atoms with Crippen LogP contribution in [0.15, 0.2) is 46.9 Å². The first-order valence-corrected chi connectivity index (χ1v) is 7.22. The summed E-state index contributed by atoms with van der Waals surface area (Å²) in [6, 6.07) is 12.6. The SMILES string of the molecule is Cc1ccc(F)c(-c2[nH]nc(N)c2-c2ccc(Br)cc2)c1. The van der Waals surface area contributed by atoms with Crippen molar-refractivity contribution < 1.29 is 4.39 Å². The first-order chi connectivity index (χ1) is 10.1. The van der Waals surface area contributed by atoms with Gasteiger partial charge in [0.25, 0.3) is 0 Å². The van der Waals surface area contributed by atoms with E-state index in [9.17, 15) is 4.39 Å². The van der Waals surface area contributed by atoms with Gasteiger partial charge in [-0.15, -0.1) is 0 Å². The molecule has 0 amide bonds. The molecule has 3 aromatic rings. The van der Waals surface area contributed by atoms with Crippen LogP contribution in [0.1, 0.15) is 5.56 Å². The van der Waals surface area contributed by atoms with Gasteiger partial charge in [-0.2, -0.15) is 5.10 Å². The highest BCUT2D eigenvalue weighted by molar-refractivity contribution is 9.10. The first kappa shape index (κ1) is 13.8. The molecule has 3 nitrogen and oxygen atoms in total. The van der Waals surface area contributed by atoms with Gasteiger partial charge in [-0.3, -0.25) is 5.10 Å². The number of aromatic nitrogens is 2. The van der Waals surface area contributed by atoms with Crippen molar-refractivity contribution in [1.82, 2.24) is 10.2 Å². The molecular formula is C16H13BrFN3. The van der Waals surface area contributed by atoms with Crippen LogP contribution in [0.25, 0.3) is 22.4 Å². The van der Waals surface area contributed by atoms with Crippen LogP contribution in [0.4, 0.5) is 10.2 Å². The van der Waals surface area contributed by atoms with Crippen LogP contribution in [-0.4, -0.2) is 10.2 Å². The molecule has 3 N–H and O–H groups in total. The smallest absolute Gasteiger partial charge is 0.153 e. The summed E-state index contributed by atoms with van der Waals surface area (Å²) in [5.41, 5.74) is 9.60. The second-order valence-corrected chi connectivity index (χ2v) is 5.76. The summed E-state index contributed by atoms with van der Waals surface area (Å²) in [5.74, 6) is 0.0517. The number of rotatable bonds is 2. The number of nitrogens with one attached hydrogen (secondary N) is 1. The number of hydrogen-bond acceptors (Lipinski definition) is 2. The van der Waals surface area contributed by atoms with Crippen LogP contribution in [0, 0.1) is 12.7 Å². The Labute approximate surface area is 130 Å². The Morgan fingerprint density at radius 3 is 2.57 bits per heavy atom. The highest BCUT2D eigenvalue weighted by Gasteiger charge is 2.17. The Hall–Kier alpha value is -2.14. The van der Waals surface area contributed by atoms with Crippen molar-refractivity contribution in [1.29, 1.82) is 0 Å². The van der Waals surface area contributed by atoms with Crippen molar-refractivity contribution in [2.24, 2.45) is 0 Å². The minimum atomic E-state index is -0.303. The van der Waals surface area contributed by atoms with Crippen molar-refractivity contribution in [3.63, 3.8) is 0 Å². The standard InChI is InChI=1S/C16H13BrFN3/c1-9-2-7-13(18)12(8-9)15-14(16(19)21-20-15)10-3-5-11(17)6-4-10/h2-8H,1H3,(H3,19,20,21). The van der Waals surface area contributed by atoms with Gasteiger partial charge in [-0.25, -0.2) is 4.39 Å². The number of anilines is 1. The van der Waals surface area contributed by atoms with Gasteiger partial charge in [0.2, 0.25) is 0 Å². The van der Waals surface area contributed by atoms with E-state index >= 15 is 0 Å². The average molecular weight is 346 g/mol. The normalized spacial score (nSPS) is 10.8. The molecular weight excluding hydrogens is 333 g/mol. The van der Waals surface area contributed by atoms with E-state index in [1.807, 2.05) is 31.2 Å². The van der Waals surface area contributed by atoms with E-state index in [-0.39, 0.29) is 5.82 Å². The summed E-state index contributed by atoms with van der Waals surface area (Å²) in [7, 11) is 0. The molecule has 0 saturated heterocycles. The summed E-state index contributed by atoms with van der Waals surface area (Å²) in [5, 5.41) is 6.88. The third kappa shape index (κ3) is 2.56. The summed E-state index contributed by atoms with van der Waals surface area (Å²) in [6.45, 7) is 1.92. The van der Waals surface area contributed by atoms with Crippen molar-refractivity contribution >= 4 is 21.7 Å². The van der Waals surface area contributed by atoms with Gasteiger partial charge < -0.3 is 5.73 Å². The first-order valence-electron chi connectivity index (χ1n) is 6.42. The maximum Gasteiger partial charge on any atom is 0.153 e. The zero-order valence-electron chi connectivity index (χ0n) is 11.3. The molecule has 21 heavy (non-hydrogen) atoms. The van der Waals surface area contributed by atoms with E-state index in [1.54, 1.807) is 12.1 Å². The molecule has 0 atom stereocenters. The molecule has 0 aliphatic heterocycles. The van der Waals surface area contributed by atoms with Crippen LogP contribution in [0.3, 0.4) is 0 Å². The fourth-order valence-corrected chi connectivity index (χ4v) is 2.55. The summed E-state index contributed by atoms with van der Waals surface area (Å²) in [6.07, 6.45) is 0. The second kappa shape index (κ2) is 5.33. The molecule has 0 unspecified atom stereocenters. The topological polar surface area (TPSA) is 54.7 Å². The van der Waals surface area contributed by atoms with Crippen molar-refractivity contribution in [2.75, 3.05) is 5.73 Å². The number of aryl methyl sites for hydroxylation is 1. The fraction of sp³-hybridized carbons (Fsp3) is 0.0625. The summed E-state index contributed by atoms with van der Waals surface area (Å²) < 4.78 is 15.1. The minimum absolute atomic E-state index is 0.303. The van der Waals surface area contributed by atoms with Gasteiger partial charge in [0.15, 0.2) is 5.82 Å². The van der Waals surface area contributed by atoms with Crippen LogP contribution in [-0.2, 0) is 0 Å². The Morgan fingerprint density at radius 1 is 1.14 bits per heavy atom. The number of benzene rings is 2. The molecule has 0 aliphatic carbocycles. The fourth-order valence-electron chi connectivity index (χ4n) is 2.29. The zero-order chi connectivity index (χ0) is 15.0. The highest BCUT2D eigenvalue weighted by atomic mass is 79.9. The Balaban J connectivity index is 2.21. The van der Waals surface area contributed by atoms with Gasteiger partial charge in [-0.05, 0) is 36.8 Å². The molecule has 0 spiro atoms. The third-order valence-electron chi connectivity index (χ3n) is 3.32. The molecule has 3 rings (SSSR count). The van der Waals surface area contributed by atoms with E-state index in [0.29, 0.717) is 22.6 Å². The van der Waals surface area contributed by atoms with E-state index in [1.165, 1.54) is 6.07 Å². The Morgan fingerprint density at radius 2 is 1.86 bits per heavy atom. The lowest BCUT2D eigenvalue weighted by Crippen LogP contribution is -1.91. The molecule has 0 fully saturated rings. The molecule has 2 aromatic carbocycles. The van der Waals surface area contributed by atoms with Gasteiger partial charge in [0.1, 0.15) is 5.82 Å². The van der Waals surface area contributed by atoms with Crippen LogP contribution >= 0.6 is 15.9 Å². The monoisotopic (exact) mass is 345 g/mol. The van der Waals surface area contributed by atoms with Crippen molar-refractivity contribution in [3.8, 4) is 22.4 Å². The molecule has 0 bridgehead atoms. The lowest BCUT2D eigenvalue weighted by atomic mass is 9.99. The summed E-state index contributed by atoms with van der Waals surface area (Å²) in [4.78, 5) is 0. The highest BCUT2D eigenvalue weighted by Crippen LogP contribution is 2.36. The van der Waals surface area contributed by atoms with E-state index < -0.39 is 0 Å². The van der Waals surface area contributed by atoms with Crippen molar-refractivity contribution in [3.05, 3.63) is 58.3 Å².